The monoisotopic (exact) mass is 293 g/mol. The number of nitrogens with one attached hydrogen (secondary N) is 1. The lowest BCUT2D eigenvalue weighted by Crippen LogP contribution is -2.47. The molecule has 0 bridgehead atoms. The summed E-state index contributed by atoms with van der Waals surface area (Å²) in [6.07, 6.45) is 8.35. The lowest BCUT2D eigenvalue weighted by Gasteiger charge is -2.39. The van der Waals surface area contributed by atoms with Crippen molar-refractivity contribution in [3.63, 3.8) is 0 Å². The lowest BCUT2D eigenvalue weighted by molar-refractivity contribution is -0.122. The van der Waals surface area contributed by atoms with Crippen molar-refractivity contribution in [1.82, 2.24) is 15.1 Å². The molecule has 1 N–H and O–H groups in total. The molecule has 0 aromatic rings. The van der Waals surface area contributed by atoms with Gasteiger partial charge >= 0.3 is 0 Å². The molecule has 21 heavy (non-hydrogen) atoms. The van der Waals surface area contributed by atoms with Gasteiger partial charge in [0.15, 0.2) is 0 Å². The Bertz CT molecular complexity index is 345. The van der Waals surface area contributed by atoms with E-state index in [4.69, 9.17) is 0 Å². The Hall–Kier alpha value is -0.870. The Kier molecular flexibility index (Phi) is 6.71. The van der Waals surface area contributed by atoms with E-state index in [0.29, 0.717) is 13.1 Å². The standard InChI is InChI=1S/C17H31N3O/c1-3-9-18-17(21)14-19-10-6-8-16(12-19)13-20-11-5-4-7-15(20)2/h3,15-16H,1,4-14H2,2H3,(H,18,21). The number of nitrogens with zero attached hydrogens (tertiary/aromatic N) is 2. The van der Waals surface area contributed by atoms with Crippen molar-refractivity contribution in [2.24, 2.45) is 5.92 Å². The average Bonchev–Trinajstić information content (AvgIpc) is 2.48. The molecule has 0 spiro atoms. The molecule has 2 fully saturated rings. The zero-order valence-corrected chi connectivity index (χ0v) is 13.5. The summed E-state index contributed by atoms with van der Waals surface area (Å²) >= 11 is 0. The third-order valence-corrected chi connectivity index (χ3v) is 4.85. The number of amides is 1. The second-order valence-corrected chi connectivity index (χ2v) is 6.68. The fourth-order valence-corrected chi connectivity index (χ4v) is 3.65. The maximum atomic E-state index is 11.8. The van der Waals surface area contributed by atoms with Gasteiger partial charge in [-0.3, -0.25) is 9.69 Å². The number of carbonyl (C=O) groups excluding carboxylic acids is 1. The van der Waals surface area contributed by atoms with E-state index in [2.05, 4.69) is 28.6 Å². The Morgan fingerprint density at radius 3 is 2.90 bits per heavy atom. The summed E-state index contributed by atoms with van der Waals surface area (Å²) in [6, 6.07) is 0.741. The van der Waals surface area contributed by atoms with E-state index < -0.39 is 0 Å². The van der Waals surface area contributed by atoms with Crippen LogP contribution in [0.4, 0.5) is 0 Å². The van der Waals surface area contributed by atoms with Gasteiger partial charge in [0.1, 0.15) is 0 Å². The molecule has 4 nitrogen and oxygen atoms in total. The summed E-state index contributed by atoms with van der Waals surface area (Å²) in [7, 11) is 0. The van der Waals surface area contributed by atoms with Crippen LogP contribution in [-0.4, -0.2) is 61.0 Å². The van der Waals surface area contributed by atoms with Crippen LogP contribution < -0.4 is 5.32 Å². The smallest absolute Gasteiger partial charge is 0.234 e. The molecule has 0 saturated carbocycles. The number of carbonyl (C=O) groups is 1. The fourth-order valence-electron chi connectivity index (χ4n) is 3.65. The highest BCUT2D eigenvalue weighted by Gasteiger charge is 2.26. The maximum Gasteiger partial charge on any atom is 0.234 e. The van der Waals surface area contributed by atoms with E-state index in [-0.39, 0.29) is 5.91 Å². The number of piperidine rings is 2. The summed E-state index contributed by atoms with van der Waals surface area (Å²) in [5, 5.41) is 2.87. The van der Waals surface area contributed by atoms with E-state index in [0.717, 1.165) is 25.0 Å². The van der Waals surface area contributed by atoms with E-state index in [1.807, 2.05) is 0 Å². The Balaban J connectivity index is 1.74. The van der Waals surface area contributed by atoms with E-state index in [1.54, 1.807) is 6.08 Å². The third kappa shape index (κ3) is 5.44. The molecule has 0 aromatic heterocycles. The van der Waals surface area contributed by atoms with Crippen LogP contribution in [0.2, 0.25) is 0 Å². The maximum absolute atomic E-state index is 11.8. The first-order valence-corrected chi connectivity index (χ1v) is 8.53. The minimum atomic E-state index is 0.127. The highest BCUT2D eigenvalue weighted by molar-refractivity contribution is 5.78. The second kappa shape index (κ2) is 8.54. The molecule has 0 radical (unpaired) electrons. The van der Waals surface area contributed by atoms with Crippen molar-refractivity contribution in [3.05, 3.63) is 12.7 Å². The van der Waals surface area contributed by atoms with Crippen molar-refractivity contribution >= 4 is 5.91 Å². The zero-order chi connectivity index (χ0) is 15.1. The first-order valence-electron chi connectivity index (χ1n) is 8.53. The quantitative estimate of drug-likeness (QED) is 0.760. The molecular weight excluding hydrogens is 262 g/mol. The summed E-state index contributed by atoms with van der Waals surface area (Å²) in [5.74, 6) is 0.855. The van der Waals surface area contributed by atoms with Crippen LogP contribution in [0, 0.1) is 5.92 Å². The van der Waals surface area contributed by atoms with Gasteiger partial charge in [-0.25, -0.2) is 0 Å². The largest absolute Gasteiger partial charge is 0.352 e. The van der Waals surface area contributed by atoms with Gasteiger partial charge < -0.3 is 10.2 Å². The highest BCUT2D eigenvalue weighted by Crippen LogP contribution is 2.22. The Morgan fingerprint density at radius 1 is 1.29 bits per heavy atom. The van der Waals surface area contributed by atoms with Crippen LogP contribution in [0.15, 0.2) is 12.7 Å². The minimum Gasteiger partial charge on any atom is -0.352 e. The fraction of sp³-hybridized carbons (Fsp3) is 0.824. The van der Waals surface area contributed by atoms with Crippen molar-refractivity contribution in [3.8, 4) is 0 Å². The minimum absolute atomic E-state index is 0.127. The third-order valence-electron chi connectivity index (χ3n) is 4.85. The number of likely N-dealkylation sites (tertiary alicyclic amines) is 2. The summed E-state index contributed by atoms with van der Waals surface area (Å²) in [5.41, 5.74) is 0. The number of hydrogen-bond acceptors (Lipinski definition) is 3. The SMILES string of the molecule is C=CCNC(=O)CN1CCCC(CN2CCCCC2C)C1. The lowest BCUT2D eigenvalue weighted by atomic mass is 9.95. The zero-order valence-electron chi connectivity index (χ0n) is 13.5. The van der Waals surface area contributed by atoms with Gasteiger partial charge in [0.2, 0.25) is 5.91 Å². The van der Waals surface area contributed by atoms with Gasteiger partial charge in [0.05, 0.1) is 6.54 Å². The van der Waals surface area contributed by atoms with Gasteiger partial charge in [-0.05, 0) is 51.6 Å². The van der Waals surface area contributed by atoms with Crippen molar-refractivity contribution in [2.75, 3.05) is 39.3 Å². The van der Waals surface area contributed by atoms with Crippen LogP contribution in [0.5, 0.6) is 0 Å². The Labute approximate surface area is 129 Å². The molecule has 2 saturated heterocycles. The van der Waals surface area contributed by atoms with Gasteiger partial charge in [-0.15, -0.1) is 6.58 Å². The number of rotatable bonds is 6. The van der Waals surface area contributed by atoms with E-state index in [1.165, 1.54) is 45.2 Å². The summed E-state index contributed by atoms with van der Waals surface area (Å²) in [6.45, 7) is 11.7. The van der Waals surface area contributed by atoms with Gasteiger partial charge in [0, 0.05) is 25.7 Å². The van der Waals surface area contributed by atoms with Gasteiger partial charge in [-0.2, -0.15) is 0 Å². The molecular formula is C17H31N3O. The molecule has 2 heterocycles. The van der Waals surface area contributed by atoms with E-state index in [9.17, 15) is 4.79 Å². The van der Waals surface area contributed by atoms with Crippen LogP contribution in [0.1, 0.15) is 39.0 Å². The normalized spacial score (nSPS) is 28.2. The highest BCUT2D eigenvalue weighted by atomic mass is 16.2. The summed E-state index contributed by atoms with van der Waals surface area (Å²) in [4.78, 5) is 16.8. The van der Waals surface area contributed by atoms with Crippen LogP contribution in [0.25, 0.3) is 0 Å². The van der Waals surface area contributed by atoms with Crippen LogP contribution in [-0.2, 0) is 4.79 Å². The first-order chi connectivity index (χ1) is 10.2. The summed E-state index contributed by atoms with van der Waals surface area (Å²) < 4.78 is 0. The molecule has 2 atom stereocenters. The molecule has 2 aliphatic rings. The Morgan fingerprint density at radius 2 is 2.14 bits per heavy atom. The molecule has 0 aliphatic carbocycles. The van der Waals surface area contributed by atoms with Crippen molar-refractivity contribution in [2.45, 2.75) is 45.1 Å². The average molecular weight is 293 g/mol. The first kappa shape index (κ1) is 16.5. The molecule has 2 aliphatic heterocycles. The second-order valence-electron chi connectivity index (χ2n) is 6.68. The molecule has 2 rings (SSSR count). The molecule has 4 heteroatoms. The molecule has 1 amide bonds. The predicted octanol–water partition coefficient (Wildman–Crippen LogP) is 1.87. The van der Waals surface area contributed by atoms with Gasteiger partial charge in [-0.1, -0.05) is 12.5 Å². The van der Waals surface area contributed by atoms with E-state index >= 15 is 0 Å². The molecule has 0 aromatic carbocycles. The van der Waals surface area contributed by atoms with Crippen molar-refractivity contribution < 1.29 is 4.79 Å². The van der Waals surface area contributed by atoms with Crippen LogP contribution >= 0.6 is 0 Å². The van der Waals surface area contributed by atoms with Crippen molar-refractivity contribution in [1.29, 1.82) is 0 Å². The topological polar surface area (TPSA) is 35.6 Å². The molecule has 2 unspecified atom stereocenters. The predicted molar refractivity (Wildman–Crippen MR) is 87.3 cm³/mol. The van der Waals surface area contributed by atoms with Crippen LogP contribution in [0.3, 0.4) is 0 Å². The molecule has 120 valence electrons. The number of hydrogen-bond donors (Lipinski definition) is 1. The van der Waals surface area contributed by atoms with Gasteiger partial charge in [0.25, 0.3) is 0 Å².